The van der Waals surface area contributed by atoms with Crippen LogP contribution in [0.2, 0.25) is 0 Å². The normalized spacial score (nSPS) is 23.0. The van der Waals surface area contributed by atoms with Crippen LogP contribution in [0.5, 0.6) is 0 Å². The van der Waals surface area contributed by atoms with Gasteiger partial charge in [0.2, 0.25) is 5.91 Å². The molecule has 1 amide bonds. The highest BCUT2D eigenvalue weighted by molar-refractivity contribution is 5.76. The van der Waals surface area contributed by atoms with E-state index in [1.807, 2.05) is 0 Å². The van der Waals surface area contributed by atoms with Gasteiger partial charge in [-0.2, -0.15) is 0 Å². The van der Waals surface area contributed by atoms with Gasteiger partial charge in [0, 0.05) is 6.42 Å². The number of aliphatic hydroxyl groups is 6. The molecule has 1 aliphatic heterocycles. The van der Waals surface area contributed by atoms with E-state index in [0.717, 1.165) is 44.9 Å². The SMILES string of the molecule is CCCCCCCCCCCCCCCCCC[C@@H](O)[C@@H](O)[C@H](CO[C@@H]1O[C@H](CO)[C@@H](O)C(O)C1O)NC(=O)CCCCCCCCCC. The molecule has 0 saturated carbocycles. The van der Waals surface area contributed by atoms with Crippen LogP contribution in [0.25, 0.3) is 0 Å². The lowest BCUT2D eigenvalue weighted by Crippen LogP contribution is -2.60. The topological polar surface area (TPSA) is 169 Å². The van der Waals surface area contributed by atoms with Crippen molar-refractivity contribution < 1.29 is 44.9 Å². The zero-order valence-electron chi connectivity index (χ0n) is 31.3. The second-order valence-corrected chi connectivity index (χ2v) is 14.6. The molecule has 0 radical (unpaired) electrons. The van der Waals surface area contributed by atoms with Crippen LogP contribution in [-0.2, 0) is 14.3 Å². The Labute approximate surface area is 298 Å². The van der Waals surface area contributed by atoms with Crippen molar-refractivity contribution in [2.24, 2.45) is 0 Å². The van der Waals surface area contributed by atoms with E-state index in [1.54, 1.807) is 0 Å². The van der Waals surface area contributed by atoms with E-state index in [2.05, 4.69) is 19.2 Å². The Bertz CT molecular complexity index is 758. The maximum atomic E-state index is 12.8. The summed E-state index contributed by atoms with van der Waals surface area (Å²) in [7, 11) is 0. The smallest absolute Gasteiger partial charge is 0.220 e. The number of hydrogen-bond donors (Lipinski definition) is 7. The molecule has 0 aliphatic carbocycles. The second kappa shape index (κ2) is 30.7. The lowest BCUT2D eigenvalue weighted by molar-refractivity contribution is -0.303. The monoisotopic (exact) mass is 704 g/mol. The zero-order chi connectivity index (χ0) is 36.1. The van der Waals surface area contributed by atoms with Crippen molar-refractivity contribution >= 4 is 5.91 Å². The Hall–Kier alpha value is -0.850. The number of unbranched alkanes of at least 4 members (excludes halogenated alkanes) is 22. The molecular weight excluding hydrogens is 626 g/mol. The highest BCUT2D eigenvalue weighted by atomic mass is 16.7. The summed E-state index contributed by atoms with van der Waals surface area (Å²) in [5.74, 6) is -0.262. The van der Waals surface area contributed by atoms with Crippen molar-refractivity contribution in [1.82, 2.24) is 5.32 Å². The fourth-order valence-corrected chi connectivity index (χ4v) is 6.67. The van der Waals surface area contributed by atoms with Crippen LogP contribution in [-0.4, -0.2) is 98.7 Å². The summed E-state index contributed by atoms with van der Waals surface area (Å²) in [6.07, 6.45) is 19.8. The van der Waals surface area contributed by atoms with Gasteiger partial charge < -0.3 is 45.4 Å². The number of carbonyl (C=O) groups is 1. The first-order chi connectivity index (χ1) is 23.8. The molecule has 1 heterocycles. The van der Waals surface area contributed by atoms with Crippen LogP contribution >= 0.6 is 0 Å². The molecule has 8 atom stereocenters. The first-order valence-corrected chi connectivity index (χ1v) is 20.3. The maximum Gasteiger partial charge on any atom is 0.220 e. The predicted octanol–water partition coefficient (Wildman–Crippen LogP) is 6.19. The van der Waals surface area contributed by atoms with Crippen molar-refractivity contribution in [3.63, 3.8) is 0 Å². The van der Waals surface area contributed by atoms with Gasteiger partial charge in [-0.3, -0.25) is 4.79 Å². The minimum Gasteiger partial charge on any atom is -0.394 e. The molecular formula is C39H77NO9. The molecule has 2 unspecified atom stereocenters. The minimum atomic E-state index is -1.60. The number of ether oxygens (including phenoxy) is 2. The highest BCUT2D eigenvalue weighted by Gasteiger charge is 2.44. The molecule has 0 aromatic heterocycles. The van der Waals surface area contributed by atoms with Gasteiger partial charge in [0.25, 0.3) is 0 Å². The number of nitrogens with one attached hydrogen (secondary N) is 1. The largest absolute Gasteiger partial charge is 0.394 e. The molecule has 0 bridgehead atoms. The number of aliphatic hydroxyl groups excluding tert-OH is 6. The lowest BCUT2D eigenvalue weighted by Gasteiger charge is -2.40. The van der Waals surface area contributed by atoms with E-state index in [1.165, 1.54) is 109 Å². The average molecular weight is 704 g/mol. The first kappa shape index (κ1) is 46.2. The van der Waals surface area contributed by atoms with E-state index in [4.69, 9.17) is 9.47 Å². The summed E-state index contributed by atoms with van der Waals surface area (Å²) < 4.78 is 11.1. The summed E-state index contributed by atoms with van der Waals surface area (Å²) in [5.41, 5.74) is 0. The minimum absolute atomic E-state index is 0.262. The van der Waals surface area contributed by atoms with Crippen molar-refractivity contribution in [3.05, 3.63) is 0 Å². The van der Waals surface area contributed by atoms with Crippen LogP contribution in [0.4, 0.5) is 0 Å². The van der Waals surface area contributed by atoms with Crippen LogP contribution in [0.15, 0.2) is 0 Å². The molecule has 0 aromatic carbocycles. The fourth-order valence-electron chi connectivity index (χ4n) is 6.67. The van der Waals surface area contributed by atoms with Gasteiger partial charge in [-0.1, -0.05) is 162 Å². The average Bonchev–Trinajstić information content (AvgIpc) is 3.10. The molecule has 10 heteroatoms. The van der Waals surface area contributed by atoms with E-state index in [-0.39, 0.29) is 18.9 Å². The van der Waals surface area contributed by atoms with Crippen LogP contribution in [0, 0.1) is 0 Å². The van der Waals surface area contributed by atoms with Crippen LogP contribution < -0.4 is 5.32 Å². The summed E-state index contributed by atoms with van der Waals surface area (Å²) in [6.45, 7) is 3.56. The van der Waals surface area contributed by atoms with Gasteiger partial charge in [-0.25, -0.2) is 0 Å². The van der Waals surface area contributed by atoms with E-state index >= 15 is 0 Å². The molecule has 292 valence electrons. The van der Waals surface area contributed by atoms with Crippen LogP contribution in [0.1, 0.15) is 181 Å². The molecule has 0 aromatic rings. The van der Waals surface area contributed by atoms with Gasteiger partial charge >= 0.3 is 0 Å². The molecule has 49 heavy (non-hydrogen) atoms. The molecule has 10 nitrogen and oxygen atoms in total. The van der Waals surface area contributed by atoms with Gasteiger partial charge in [0.05, 0.1) is 25.4 Å². The van der Waals surface area contributed by atoms with Crippen molar-refractivity contribution in [1.29, 1.82) is 0 Å². The molecule has 7 N–H and O–H groups in total. The van der Waals surface area contributed by atoms with Crippen molar-refractivity contribution in [3.8, 4) is 0 Å². The van der Waals surface area contributed by atoms with Crippen molar-refractivity contribution in [2.45, 2.75) is 230 Å². The Balaban J connectivity index is 2.42. The highest BCUT2D eigenvalue weighted by Crippen LogP contribution is 2.23. The molecule has 1 aliphatic rings. The summed E-state index contributed by atoms with van der Waals surface area (Å²) in [5, 5.41) is 64.8. The molecule has 1 saturated heterocycles. The van der Waals surface area contributed by atoms with E-state index < -0.39 is 55.6 Å². The summed E-state index contributed by atoms with van der Waals surface area (Å²) in [4.78, 5) is 12.8. The van der Waals surface area contributed by atoms with Crippen LogP contribution in [0.3, 0.4) is 0 Å². The van der Waals surface area contributed by atoms with Gasteiger partial charge in [-0.15, -0.1) is 0 Å². The quantitative estimate of drug-likeness (QED) is 0.0394. The standard InChI is InChI=1S/C39H77NO9/c1-3-5-7-9-11-13-14-15-16-17-18-19-20-21-23-25-27-32(42)35(44)31(40-34(43)28-26-24-22-12-10-8-6-4-2)30-48-39-38(47)37(46)36(45)33(29-41)49-39/h31-33,35-39,41-42,44-47H,3-30H2,1-2H3,(H,40,43)/t31-,32+,33+,35-,36+,37?,38?,39+/m0/s1. The van der Waals surface area contributed by atoms with Crippen molar-refractivity contribution in [2.75, 3.05) is 13.2 Å². The molecule has 0 spiro atoms. The maximum absolute atomic E-state index is 12.8. The Morgan fingerprint density at radius 3 is 1.51 bits per heavy atom. The Morgan fingerprint density at radius 2 is 1.06 bits per heavy atom. The number of carbonyl (C=O) groups excluding carboxylic acids is 1. The zero-order valence-corrected chi connectivity index (χ0v) is 31.3. The van der Waals surface area contributed by atoms with E-state index in [0.29, 0.717) is 6.42 Å². The number of amides is 1. The van der Waals surface area contributed by atoms with Gasteiger partial charge in [0.15, 0.2) is 6.29 Å². The third-order valence-electron chi connectivity index (χ3n) is 10.1. The fraction of sp³-hybridized carbons (Fsp3) is 0.974. The third-order valence-corrected chi connectivity index (χ3v) is 10.1. The number of rotatable bonds is 33. The van der Waals surface area contributed by atoms with E-state index in [9.17, 15) is 35.4 Å². The number of hydrogen-bond acceptors (Lipinski definition) is 9. The summed E-state index contributed by atoms with van der Waals surface area (Å²) in [6, 6.07) is -0.982. The van der Waals surface area contributed by atoms with Gasteiger partial charge in [0.1, 0.15) is 30.5 Å². The second-order valence-electron chi connectivity index (χ2n) is 14.6. The molecule has 1 fully saturated rings. The first-order valence-electron chi connectivity index (χ1n) is 20.3. The third kappa shape index (κ3) is 22.0. The molecule has 1 rings (SSSR count). The lowest BCUT2D eigenvalue weighted by atomic mass is 9.98. The van der Waals surface area contributed by atoms with Gasteiger partial charge in [-0.05, 0) is 12.8 Å². The Kier molecular flexibility index (Phi) is 29.0. The summed E-state index contributed by atoms with van der Waals surface area (Å²) >= 11 is 0. The predicted molar refractivity (Wildman–Crippen MR) is 195 cm³/mol. The Morgan fingerprint density at radius 1 is 0.633 bits per heavy atom.